The second-order valence-corrected chi connectivity index (χ2v) is 4.86. The van der Waals surface area contributed by atoms with Crippen LogP contribution in [0.3, 0.4) is 0 Å². The van der Waals surface area contributed by atoms with E-state index in [0.717, 1.165) is 6.54 Å². The summed E-state index contributed by atoms with van der Waals surface area (Å²) >= 11 is 0. The second kappa shape index (κ2) is 4.11. The summed E-state index contributed by atoms with van der Waals surface area (Å²) in [5.74, 6) is 5.58. The van der Waals surface area contributed by atoms with Crippen molar-refractivity contribution >= 4 is 0 Å². The van der Waals surface area contributed by atoms with Crippen molar-refractivity contribution in [2.45, 2.75) is 32.7 Å². The minimum atomic E-state index is 0.229. The summed E-state index contributed by atoms with van der Waals surface area (Å²) in [6.07, 6.45) is 0. The maximum atomic E-state index is 5.58. The molecule has 0 aromatic heterocycles. The highest BCUT2D eigenvalue weighted by molar-refractivity contribution is 5.27. The van der Waals surface area contributed by atoms with E-state index in [9.17, 15) is 0 Å². The van der Waals surface area contributed by atoms with Crippen LogP contribution in [0.1, 0.15) is 31.9 Å². The Kier molecular flexibility index (Phi) is 3.29. The van der Waals surface area contributed by atoms with E-state index in [1.54, 1.807) is 5.01 Å². The fraction of sp³-hybridized carbons (Fsp3) is 0.500. The summed E-state index contributed by atoms with van der Waals surface area (Å²) in [5, 5.41) is 1.69. The van der Waals surface area contributed by atoms with Gasteiger partial charge in [0.2, 0.25) is 0 Å². The first kappa shape index (κ1) is 11.2. The van der Waals surface area contributed by atoms with E-state index in [2.05, 4.69) is 45.0 Å². The van der Waals surface area contributed by atoms with Gasteiger partial charge in [0.1, 0.15) is 0 Å². The van der Waals surface area contributed by atoms with Gasteiger partial charge in [-0.1, -0.05) is 45.0 Å². The Hall–Kier alpha value is -0.860. The number of nitrogens with zero attached hydrogens (tertiary/aromatic N) is 1. The summed E-state index contributed by atoms with van der Waals surface area (Å²) < 4.78 is 0. The molecule has 0 fully saturated rings. The van der Waals surface area contributed by atoms with Crippen LogP contribution in [0.25, 0.3) is 0 Å². The molecule has 2 heteroatoms. The van der Waals surface area contributed by atoms with Crippen LogP contribution in [-0.4, -0.2) is 12.1 Å². The van der Waals surface area contributed by atoms with Crippen molar-refractivity contribution in [2.75, 3.05) is 7.05 Å². The predicted octanol–water partition coefficient (Wildman–Crippen LogP) is 2.29. The molecule has 0 saturated carbocycles. The van der Waals surface area contributed by atoms with Crippen LogP contribution < -0.4 is 5.84 Å². The molecule has 0 saturated heterocycles. The Bertz CT molecular complexity index is 280. The van der Waals surface area contributed by atoms with E-state index >= 15 is 0 Å². The van der Waals surface area contributed by atoms with Crippen molar-refractivity contribution < 1.29 is 0 Å². The third kappa shape index (κ3) is 3.13. The Morgan fingerprint density at radius 1 is 1.14 bits per heavy atom. The maximum Gasteiger partial charge on any atom is 0.0376 e. The van der Waals surface area contributed by atoms with Gasteiger partial charge in [0.25, 0.3) is 0 Å². The third-order valence-corrected chi connectivity index (χ3v) is 2.25. The molecule has 0 radical (unpaired) electrons. The fourth-order valence-electron chi connectivity index (χ4n) is 1.40. The summed E-state index contributed by atoms with van der Waals surface area (Å²) in [4.78, 5) is 0. The molecule has 0 heterocycles. The lowest BCUT2D eigenvalue weighted by atomic mass is 9.87. The Labute approximate surface area is 86.7 Å². The molecule has 0 amide bonds. The summed E-state index contributed by atoms with van der Waals surface area (Å²) in [5.41, 5.74) is 2.84. The van der Waals surface area contributed by atoms with Gasteiger partial charge in [0, 0.05) is 13.6 Å². The highest BCUT2D eigenvalue weighted by atomic mass is 15.4. The van der Waals surface area contributed by atoms with Gasteiger partial charge in [-0.05, 0) is 16.5 Å². The van der Waals surface area contributed by atoms with Crippen LogP contribution in [-0.2, 0) is 12.0 Å². The van der Waals surface area contributed by atoms with E-state index in [-0.39, 0.29) is 5.41 Å². The Morgan fingerprint density at radius 3 is 2.00 bits per heavy atom. The lowest BCUT2D eigenvalue weighted by Crippen LogP contribution is -2.25. The van der Waals surface area contributed by atoms with E-state index in [4.69, 9.17) is 5.84 Å². The van der Waals surface area contributed by atoms with Gasteiger partial charge in [-0.25, -0.2) is 5.01 Å². The summed E-state index contributed by atoms with van der Waals surface area (Å²) in [6, 6.07) is 8.64. The molecule has 0 aliphatic rings. The van der Waals surface area contributed by atoms with E-state index < -0.39 is 0 Å². The van der Waals surface area contributed by atoms with Crippen molar-refractivity contribution in [3.63, 3.8) is 0 Å². The van der Waals surface area contributed by atoms with Crippen LogP contribution >= 0.6 is 0 Å². The SMILES string of the molecule is CN(N)Cc1ccc(C(C)(C)C)cc1. The number of benzene rings is 1. The standard InChI is InChI=1S/C12H20N2/c1-12(2,3)11-7-5-10(6-8-11)9-14(4)13/h5-8H,9,13H2,1-4H3. The van der Waals surface area contributed by atoms with Crippen molar-refractivity contribution in [1.29, 1.82) is 0 Å². The Balaban J connectivity index is 2.79. The average molecular weight is 192 g/mol. The van der Waals surface area contributed by atoms with Crippen LogP contribution in [0.15, 0.2) is 24.3 Å². The highest BCUT2D eigenvalue weighted by Gasteiger charge is 2.12. The first-order valence-corrected chi connectivity index (χ1v) is 4.95. The van der Waals surface area contributed by atoms with Crippen molar-refractivity contribution in [2.24, 2.45) is 5.84 Å². The van der Waals surface area contributed by atoms with Crippen LogP contribution in [0.4, 0.5) is 0 Å². The molecule has 2 nitrogen and oxygen atoms in total. The lowest BCUT2D eigenvalue weighted by molar-refractivity contribution is 0.341. The molecule has 1 aromatic carbocycles. The highest BCUT2D eigenvalue weighted by Crippen LogP contribution is 2.22. The number of rotatable bonds is 2. The number of hydrazine groups is 1. The number of nitrogens with two attached hydrogens (primary N) is 1. The van der Waals surface area contributed by atoms with E-state index in [0.29, 0.717) is 0 Å². The zero-order chi connectivity index (χ0) is 10.8. The minimum absolute atomic E-state index is 0.229. The third-order valence-electron chi connectivity index (χ3n) is 2.25. The normalized spacial score (nSPS) is 12.1. The van der Waals surface area contributed by atoms with E-state index in [1.807, 2.05) is 7.05 Å². The smallest absolute Gasteiger partial charge is 0.0376 e. The average Bonchev–Trinajstić information content (AvgIpc) is 2.02. The zero-order valence-electron chi connectivity index (χ0n) is 9.54. The number of hydrogen-bond acceptors (Lipinski definition) is 2. The van der Waals surface area contributed by atoms with Crippen molar-refractivity contribution in [3.05, 3.63) is 35.4 Å². The van der Waals surface area contributed by atoms with Gasteiger partial charge in [0.15, 0.2) is 0 Å². The molecule has 78 valence electrons. The molecular weight excluding hydrogens is 172 g/mol. The molecule has 14 heavy (non-hydrogen) atoms. The van der Waals surface area contributed by atoms with Gasteiger partial charge < -0.3 is 0 Å². The molecule has 2 N–H and O–H groups in total. The number of hydrogen-bond donors (Lipinski definition) is 1. The van der Waals surface area contributed by atoms with Gasteiger partial charge in [-0.2, -0.15) is 0 Å². The second-order valence-electron chi connectivity index (χ2n) is 4.86. The molecule has 1 rings (SSSR count). The zero-order valence-corrected chi connectivity index (χ0v) is 9.54. The minimum Gasteiger partial charge on any atom is -0.269 e. The van der Waals surface area contributed by atoms with Crippen LogP contribution in [0.2, 0.25) is 0 Å². The Morgan fingerprint density at radius 2 is 1.64 bits per heavy atom. The first-order chi connectivity index (χ1) is 6.39. The predicted molar refractivity (Wildman–Crippen MR) is 60.8 cm³/mol. The van der Waals surface area contributed by atoms with Gasteiger partial charge in [-0.15, -0.1) is 0 Å². The monoisotopic (exact) mass is 192 g/mol. The van der Waals surface area contributed by atoms with Crippen molar-refractivity contribution in [1.82, 2.24) is 5.01 Å². The van der Waals surface area contributed by atoms with Gasteiger partial charge in [-0.3, -0.25) is 5.84 Å². The quantitative estimate of drug-likeness (QED) is 0.575. The molecule has 1 aromatic rings. The first-order valence-electron chi connectivity index (χ1n) is 4.95. The molecule has 0 bridgehead atoms. The molecule has 0 aliphatic carbocycles. The lowest BCUT2D eigenvalue weighted by Gasteiger charge is -2.19. The molecule has 0 atom stereocenters. The topological polar surface area (TPSA) is 29.3 Å². The van der Waals surface area contributed by atoms with Crippen molar-refractivity contribution in [3.8, 4) is 0 Å². The van der Waals surface area contributed by atoms with E-state index in [1.165, 1.54) is 11.1 Å². The summed E-state index contributed by atoms with van der Waals surface area (Å²) in [7, 11) is 1.87. The van der Waals surface area contributed by atoms with Gasteiger partial charge >= 0.3 is 0 Å². The fourth-order valence-corrected chi connectivity index (χ4v) is 1.40. The maximum absolute atomic E-state index is 5.58. The molecule has 0 aliphatic heterocycles. The summed E-state index contributed by atoms with van der Waals surface area (Å²) in [6.45, 7) is 7.45. The largest absolute Gasteiger partial charge is 0.269 e. The van der Waals surface area contributed by atoms with Crippen LogP contribution in [0.5, 0.6) is 0 Å². The molecule has 0 spiro atoms. The van der Waals surface area contributed by atoms with Gasteiger partial charge in [0.05, 0.1) is 0 Å². The molecule has 0 unspecified atom stereocenters. The van der Waals surface area contributed by atoms with Crippen LogP contribution in [0, 0.1) is 0 Å². The molecular formula is C12H20N2.